The number of hydrogen-bond donors (Lipinski definition) is 1. The summed E-state index contributed by atoms with van der Waals surface area (Å²) < 4.78 is 6.72. The Kier molecular flexibility index (Phi) is 5.88. The number of nitrogens with zero attached hydrogens (tertiary/aromatic N) is 3. The lowest BCUT2D eigenvalue weighted by molar-refractivity contribution is 0.0600. The van der Waals surface area contributed by atoms with Gasteiger partial charge in [0.05, 0.1) is 19.0 Å². The number of anilines is 1. The molecule has 1 saturated heterocycles. The van der Waals surface area contributed by atoms with E-state index in [0.29, 0.717) is 11.3 Å². The van der Waals surface area contributed by atoms with Gasteiger partial charge in [0.2, 0.25) is 0 Å². The molecule has 0 aliphatic carbocycles. The van der Waals surface area contributed by atoms with Crippen LogP contribution in [0.4, 0.5) is 10.5 Å². The van der Waals surface area contributed by atoms with Crippen molar-refractivity contribution in [1.82, 2.24) is 14.5 Å². The molecule has 1 fully saturated rings. The fourth-order valence-corrected chi connectivity index (χ4v) is 3.29. The zero-order valence-electron chi connectivity index (χ0n) is 14.9. The molecule has 1 aromatic carbocycles. The van der Waals surface area contributed by atoms with Crippen LogP contribution >= 0.6 is 0 Å². The highest BCUT2D eigenvalue weighted by atomic mass is 16.5. The highest BCUT2D eigenvalue weighted by molar-refractivity contribution is 5.92. The number of ether oxygens (including phenoxy) is 1. The minimum absolute atomic E-state index is 0.0915. The number of urea groups is 1. The second-order valence-electron chi connectivity index (χ2n) is 6.43. The minimum Gasteiger partial charge on any atom is -0.465 e. The Hall–Kier alpha value is -2.83. The van der Waals surface area contributed by atoms with Crippen molar-refractivity contribution in [2.45, 2.75) is 38.3 Å². The predicted octanol–water partition coefficient (Wildman–Crippen LogP) is 3.15. The van der Waals surface area contributed by atoms with Gasteiger partial charge in [-0.25, -0.2) is 14.6 Å². The summed E-state index contributed by atoms with van der Waals surface area (Å²) in [7, 11) is 1.35. The zero-order chi connectivity index (χ0) is 18.4. The normalized spacial score (nSPS) is 17.0. The molecule has 1 atom stereocenters. The average Bonchev–Trinajstić information content (AvgIpc) is 3.20. The molecule has 1 aliphatic rings. The maximum atomic E-state index is 12.7. The lowest BCUT2D eigenvalue weighted by atomic mass is 9.99. The van der Waals surface area contributed by atoms with E-state index in [0.717, 1.165) is 38.8 Å². The van der Waals surface area contributed by atoms with Crippen LogP contribution in [0.3, 0.4) is 0 Å². The van der Waals surface area contributed by atoms with Crippen LogP contribution in [0.2, 0.25) is 0 Å². The summed E-state index contributed by atoms with van der Waals surface area (Å²) in [6, 6.07) is 6.86. The third kappa shape index (κ3) is 4.41. The number of nitrogens with one attached hydrogen (secondary N) is 1. The number of rotatable bonds is 5. The van der Waals surface area contributed by atoms with Gasteiger partial charge in [0.15, 0.2) is 0 Å². The molecule has 7 nitrogen and oxygen atoms in total. The van der Waals surface area contributed by atoms with E-state index >= 15 is 0 Å². The molecular formula is C19H24N4O3. The van der Waals surface area contributed by atoms with Crippen LogP contribution in [0.15, 0.2) is 43.0 Å². The number of carbonyl (C=O) groups excluding carboxylic acids is 2. The van der Waals surface area contributed by atoms with E-state index in [1.165, 1.54) is 7.11 Å². The van der Waals surface area contributed by atoms with Crippen LogP contribution in [0, 0.1) is 0 Å². The molecule has 1 N–H and O–H groups in total. The summed E-state index contributed by atoms with van der Waals surface area (Å²) in [5.74, 6) is -0.390. The first-order valence-electron chi connectivity index (χ1n) is 8.89. The smallest absolute Gasteiger partial charge is 0.337 e. The molecule has 2 aromatic rings. The Balaban J connectivity index is 1.60. The molecule has 1 unspecified atom stereocenters. The molecular weight excluding hydrogens is 332 g/mol. The third-order valence-corrected chi connectivity index (χ3v) is 4.72. The van der Waals surface area contributed by atoms with Crippen molar-refractivity contribution in [1.29, 1.82) is 0 Å². The number of benzene rings is 1. The summed E-state index contributed by atoms with van der Waals surface area (Å²) in [5, 5.41) is 2.93. The molecule has 138 valence electrons. The van der Waals surface area contributed by atoms with Gasteiger partial charge in [-0.15, -0.1) is 0 Å². The first kappa shape index (κ1) is 18.0. The number of piperidine rings is 1. The third-order valence-electron chi connectivity index (χ3n) is 4.72. The van der Waals surface area contributed by atoms with Crippen LogP contribution in [-0.2, 0) is 11.3 Å². The molecule has 7 heteroatoms. The lowest BCUT2D eigenvalue weighted by Crippen LogP contribution is -2.46. The SMILES string of the molecule is COC(=O)c1ccc(NC(=O)N2CCCCC2CCn2ccnc2)cc1. The maximum Gasteiger partial charge on any atom is 0.337 e. The number of aromatic nitrogens is 2. The van der Waals surface area contributed by atoms with Gasteiger partial charge >= 0.3 is 12.0 Å². The molecule has 0 spiro atoms. The summed E-state index contributed by atoms with van der Waals surface area (Å²) in [6.07, 6.45) is 9.60. The lowest BCUT2D eigenvalue weighted by Gasteiger charge is -2.36. The highest BCUT2D eigenvalue weighted by Gasteiger charge is 2.26. The van der Waals surface area contributed by atoms with Gasteiger partial charge in [-0.05, 0) is 49.9 Å². The summed E-state index contributed by atoms with van der Waals surface area (Å²) in [6.45, 7) is 1.61. The van der Waals surface area contributed by atoms with E-state index in [2.05, 4.69) is 15.0 Å². The maximum absolute atomic E-state index is 12.7. The van der Waals surface area contributed by atoms with Crippen LogP contribution in [0.5, 0.6) is 0 Å². The fourth-order valence-electron chi connectivity index (χ4n) is 3.29. The molecule has 3 rings (SSSR count). The van der Waals surface area contributed by atoms with Crippen LogP contribution in [0.1, 0.15) is 36.0 Å². The van der Waals surface area contributed by atoms with Gasteiger partial charge in [0.25, 0.3) is 0 Å². The molecule has 0 radical (unpaired) electrons. The first-order valence-corrected chi connectivity index (χ1v) is 8.89. The van der Waals surface area contributed by atoms with Crippen LogP contribution < -0.4 is 5.32 Å². The first-order chi connectivity index (χ1) is 12.7. The summed E-state index contributed by atoms with van der Waals surface area (Å²) >= 11 is 0. The summed E-state index contributed by atoms with van der Waals surface area (Å²) in [5.41, 5.74) is 1.13. The van der Waals surface area contributed by atoms with E-state index in [1.807, 2.05) is 15.7 Å². The zero-order valence-corrected chi connectivity index (χ0v) is 14.9. The number of esters is 1. The fraction of sp³-hybridized carbons (Fsp3) is 0.421. The van der Waals surface area contributed by atoms with E-state index in [4.69, 9.17) is 0 Å². The van der Waals surface area contributed by atoms with Crippen molar-refractivity contribution in [3.05, 3.63) is 48.5 Å². The quantitative estimate of drug-likeness (QED) is 0.835. The molecule has 0 bridgehead atoms. The number of imidazole rings is 1. The van der Waals surface area contributed by atoms with Crippen molar-refractivity contribution in [3.8, 4) is 0 Å². The van der Waals surface area contributed by atoms with Crippen molar-refractivity contribution >= 4 is 17.7 Å². The molecule has 1 aliphatic heterocycles. The monoisotopic (exact) mass is 356 g/mol. The van der Waals surface area contributed by atoms with Gasteiger partial charge in [0, 0.05) is 37.2 Å². The second-order valence-corrected chi connectivity index (χ2v) is 6.43. The van der Waals surface area contributed by atoms with Crippen molar-refractivity contribution in [3.63, 3.8) is 0 Å². The van der Waals surface area contributed by atoms with Crippen LogP contribution in [0.25, 0.3) is 0 Å². The van der Waals surface area contributed by atoms with Crippen LogP contribution in [-0.4, -0.2) is 46.1 Å². The molecule has 26 heavy (non-hydrogen) atoms. The van der Waals surface area contributed by atoms with Gasteiger partial charge in [-0.2, -0.15) is 0 Å². The number of carbonyl (C=O) groups is 2. The minimum atomic E-state index is -0.390. The van der Waals surface area contributed by atoms with Crippen molar-refractivity contribution in [2.75, 3.05) is 19.0 Å². The molecule has 0 saturated carbocycles. The van der Waals surface area contributed by atoms with Gasteiger partial charge in [0.1, 0.15) is 0 Å². The summed E-state index contributed by atoms with van der Waals surface area (Å²) in [4.78, 5) is 30.2. The van der Waals surface area contributed by atoms with E-state index in [-0.39, 0.29) is 12.1 Å². The van der Waals surface area contributed by atoms with Gasteiger partial charge in [-0.1, -0.05) is 0 Å². The van der Waals surface area contributed by atoms with E-state index in [9.17, 15) is 9.59 Å². The Bertz CT molecular complexity index is 728. The van der Waals surface area contributed by atoms with Gasteiger partial charge in [-0.3, -0.25) is 0 Å². The topological polar surface area (TPSA) is 76.5 Å². The predicted molar refractivity (Wildman–Crippen MR) is 98.0 cm³/mol. The molecule has 2 amide bonds. The van der Waals surface area contributed by atoms with Gasteiger partial charge < -0.3 is 19.5 Å². The largest absolute Gasteiger partial charge is 0.465 e. The number of hydrogen-bond acceptors (Lipinski definition) is 4. The van der Waals surface area contributed by atoms with Crippen molar-refractivity contribution < 1.29 is 14.3 Å². The van der Waals surface area contributed by atoms with Crippen molar-refractivity contribution in [2.24, 2.45) is 0 Å². The Morgan fingerprint density at radius 3 is 2.77 bits per heavy atom. The molecule has 2 heterocycles. The number of aryl methyl sites for hydroxylation is 1. The second kappa shape index (κ2) is 8.51. The Morgan fingerprint density at radius 1 is 1.27 bits per heavy atom. The molecule has 1 aromatic heterocycles. The number of amides is 2. The van der Waals surface area contributed by atoms with E-state index in [1.54, 1.807) is 36.8 Å². The number of likely N-dealkylation sites (tertiary alicyclic amines) is 1. The average molecular weight is 356 g/mol. The number of methoxy groups -OCH3 is 1. The van der Waals surface area contributed by atoms with E-state index < -0.39 is 5.97 Å². The Morgan fingerprint density at radius 2 is 2.08 bits per heavy atom. The standard InChI is InChI=1S/C19H24N4O3/c1-26-18(24)15-5-7-16(8-6-15)21-19(25)23-11-3-2-4-17(23)9-12-22-13-10-20-14-22/h5-8,10,13-14,17H,2-4,9,11-12H2,1H3,(H,21,25). The highest BCUT2D eigenvalue weighted by Crippen LogP contribution is 2.22. The Labute approximate surface area is 153 Å².